The van der Waals surface area contributed by atoms with Crippen LogP contribution in [0.25, 0.3) is 56.0 Å². The van der Waals surface area contributed by atoms with Crippen molar-refractivity contribution in [2.24, 2.45) is 0 Å². The largest absolute Gasteiger partial charge is 0.335 e. The summed E-state index contributed by atoms with van der Waals surface area (Å²) in [5, 5.41) is 10.4. The summed E-state index contributed by atoms with van der Waals surface area (Å²) in [4.78, 5) is 33.5. The molecule has 0 spiro atoms. The van der Waals surface area contributed by atoms with E-state index in [1.165, 1.54) is 6.20 Å². The second kappa shape index (κ2) is 10.1. The van der Waals surface area contributed by atoms with Crippen molar-refractivity contribution in [3.8, 4) is 33.9 Å². The summed E-state index contributed by atoms with van der Waals surface area (Å²) in [6.45, 7) is 0. The zero-order valence-electron chi connectivity index (χ0n) is 21.5. The van der Waals surface area contributed by atoms with Gasteiger partial charge in [-0.3, -0.25) is 19.9 Å². The number of aromatic nitrogens is 7. The number of fused-ring (bicyclic) bond motifs is 2. The molecule has 5 aromatic heterocycles. The summed E-state index contributed by atoms with van der Waals surface area (Å²) >= 11 is 0. The Morgan fingerprint density at radius 2 is 1.78 bits per heavy atom. The number of amides is 1. The molecule has 7 aromatic rings. The molecule has 7 rings (SSSR count). The lowest BCUT2D eigenvalue weighted by molar-refractivity contribution is -0.115. The Kier molecular flexibility index (Phi) is 5.97. The first-order valence-electron chi connectivity index (χ1n) is 12.9. The van der Waals surface area contributed by atoms with Gasteiger partial charge in [-0.25, -0.2) is 14.4 Å². The number of hydrogen-bond donors (Lipinski definition) is 3. The number of nitrogens with one attached hydrogen (secondary N) is 3. The van der Waals surface area contributed by atoms with E-state index in [-0.39, 0.29) is 17.7 Å². The minimum Gasteiger partial charge on any atom is -0.335 e. The molecule has 9 nitrogen and oxygen atoms in total. The van der Waals surface area contributed by atoms with Gasteiger partial charge in [-0.1, -0.05) is 36.4 Å². The Labute approximate surface area is 232 Å². The minimum absolute atomic E-state index is 0.188. The van der Waals surface area contributed by atoms with E-state index in [9.17, 15) is 4.79 Å². The highest BCUT2D eigenvalue weighted by Crippen LogP contribution is 2.35. The molecule has 0 unspecified atom stereocenters. The van der Waals surface area contributed by atoms with Gasteiger partial charge >= 0.3 is 0 Å². The molecule has 41 heavy (non-hydrogen) atoms. The van der Waals surface area contributed by atoms with Gasteiger partial charge in [0.15, 0.2) is 11.5 Å². The second-order valence-corrected chi connectivity index (χ2v) is 9.45. The van der Waals surface area contributed by atoms with Gasteiger partial charge in [-0.2, -0.15) is 5.10 Å². The summed E-state index contributed by atoms with van der Waals surface area (Å²) < 4.78 is 16.2. The van der Waals surface area contributed by atoms with Gasteiger partial charge < -0.3 is 10.3 Å². The summed E-state index contributed by atoms with van der Waals surface area (Å²) in [6.07, 6.45) is 6.69. The highest BCUT2D eigenvalue weighted by Gasteiger charge is 2.21. The zero-order valence-corrected chi connectivity index (χ0v) is 21.5. The van der Waals surface area contributed by atoms with E-state index < -0.39 is 5.82 Å². The first-order valence-corrected chi connectivity index (χ1v) is 12.9. The summed E-state index contributed by atoms with van der Waals surface area (Å²) in [6, 6.07) is 22.1. The normalized spacial score (nSPS) is 11.2. The van der Waals surface area contributed by atoms with E-state index in [1.54, 1.807) is 36.8 Å². The molecule has 0 aliphatic heterocycles. The summed E-state index contributed by atoms with van der Waals surface area (Å²) in [5.41, 5.74) is 5.77. The molecule has 0 saturated carbocycles. The van der Waals surface area contributed by atoms with Crippen molar-refractivity contribution in [2.45, 2.75) is 6.42 Å². The molecule has 198 valence electrons. The smallest absolute Gasteiger partial charge is 0.228 e. The number of halogens is 1. The topological polar surface area (TPSA) is 125 Å². The van der Waals surface area contributed by atoms with Crippen molar-refractivity contribution < 1.29 is 9.18 Å². The number of nitrogens with zero attached hydrogens (tertiary/aromatic N) is 5. The van der Waals surface area contributed by atoms with Gasteiger partial charge in [0, 0.05) is 35.3 Å². The van der Waals surface area contributed by atoms with Crippen LogP contribution in [0.5, 0.6) is 0 Å². The van der Waals surface area contributed by atoms with Gasteiger partial charge in [-0.15, -0.1) is 0 Å². The van der Waals surface area contributed by atoms with Crippen molar-refractivity contribution in [3.05, 3.63) is 109 Å². The number of benzene rings is 2. The minimum atomic E-state index is -0.487. The third-order valence-corrected chi connectivity index (χ3v) is 6.76. The fraction of sp³-hybridized carbons (Fsp3) is 0.0323. The number of anilines is 1. The van der Waals surface area contributed by atoms with Crippen LogP contribution in [-0.4, -0.2) is 41.0 Å². The second-order valence-electron chi connectivity index (χ2n) is 9.45. The maximum Gasteiger partial charge on any atom is 0.228 e. The quantitative estimate of drug-likeness (QED) is 0.240. The molecule has 1 amide bonds. The maximum atomic E-state index is 16.2. The molecular weight excluding hydrogens is 519 g/mol. The number of imidazole rings is 1. The van der Waals surface area contributed by atoms with E-state index in [2.05, 4.69) is 40.4 Å². The van der Waals surface area contributed by atoms with Crippen LogP contribution in [0.15, 0.2) is 97.6 Å². The fourth-order valence-corrected chi connectivity index (χ4v) is 4.87. The Bertz CT molecular complexity index is 2040. The van der Waals surface area contributed by atoms with Crippen molar-refractivity contribution in [3.63, 3.8) is 0 Å². The molecule has 0 radical (unpaired) electrons. The van der Waals surface area contributed by atoms with Crippen molar-refractivity contribution in [1.82, 2.24) is 35.1 Å². The molecule has 2 aromatic carbocycles. The predicted octanol–water partition coefficient (Wildman–Crippen LogP) is 5.95. The third kappa shape index (κ3) is 4.57. The average Bonchev–Trinajstić information content (AvgIpc) is 3.63. The molecular formula is C31H21FN8O. The lowest BCUT2D eigenvalue weighted by Gasteiger charge is -2.09. The summed E-state index contributed by atoms with van der Waals surface area (Å²) in [7, 11) is 0. The molecule has 0 bridgehead atoms. The highest BCUT2D eigenvalue weighted by atomic mass is 19.1. The number of carbonyl (C=O) groups excluding carboxylic acids is 1. The van der Waals surface area contributed by atoms with Crippen LogP contribution < -0.4 is 5.32 Å². The number of H-pyrrole nitrogens is 2. The van der Waals surface area contributed by atoms with Crippen molar-refractivity contribution in [2.75, 3.05) is 5.32 Å². The van der Waals surface area contributed by atoms with Gasteiger partial charge in [0.2, 0.25) is 5.91 Å². The van der Waals surface area contributed by atoms with Crippen LogP contribution in [0.1, 0.15) is 5.56 Å². The molecule has 0 atom stereocenters. The third-order valence-electron chi connectivity index (χ3n) is 6.76. The number of rotatable bonds is 6. The molecule has 10 heteroatoms. The maximum absolute atomic E-state index is 16.2. The molecule has 0 fully saturated rings. The molecule has 0 aliphatic carbocycles. The highest BCUT2D eigenvalue weighted by molar-refractivity contribution is 5.98. The molecule has 3 N–H and O–H groups in total. The van der Waals surface area contributed by atoms with Gasteiger partial charge in [0.05, 0.1) is 40.4 Å². The van der Waals surface area contributed by atoms with Crippen LogP contribution in [0, 0.1) is 5.82 Å². The van der Waals surface area contributed by atoms with Gasteiger partial charge in [0.25, 0.3) is 0 Å². The van der Waals surface area contributed by atoms with Gasteiger partial charge in [0.1, 0.15) is 11.5 Å². The number of carbonyl (C=O) groups is 1. The SMILES string of the molecule is O=C(Cc1ccccc1)Nc1cncc(-c2ccc3[nH]nc(-c4nc5nccc(-c6ccccn6)c5[nH]4)c3c2F)c1. The number of pyridine rings is 3. The first kappa shape index (κ1) is 24.3. The standard InChI is InChI=1S/C31H21FN8O/c32-27-21(19-15-20(17-33-16-19)36-25(41)14-18-6-2-1-3-7-18)9-10-24-26(27)29(40-39-24)31-37-28-22(11-13-35-30(28)38-31)23-8-4-5-12-34-23/h1-13,15-17H,14H2,(H,36,41)(H,39,40)(H,35,37,38). The first-order chi connectivity index (χ1) is 20.1. The predicted molar refractivity (Wildman–Crippen MR) is 154 cm³/mol. The van der Waals surface area contributed by atoms with E-state index >= 15 is 4.39 Å². The number of hydrogen-bond acceptors (Lipinski definition) is 6. The Balaban J connectivity index is 1.24. The van der Waals surface area contributed by atoms with Crippen LogP contribution in [0.2, 0.25) is 0 Å². The van der Waals surface area contributed by atoms with Crippen LogP contribution in [0.4, 0.5) is 10.1 Å². The lowest BCUT2D eigenvalue weighted by atomic mass is 10.0. The fourth-order valence-electron chi connectivity index (χ4n) is 4.87. The van der Waals surface area contributed by atoms with Crippen LogP contribution >= 0.6 is 0 Å². The average molecular weight is 541 g/mol. The summed E-state index contributed by atoms with van der Waals surface area (Å²) in [5.74, 6) is -0.302. The zero-order chi connectivity index (χ0) is 27.8. The monoisotopic (exact) mass is 540 g/mol. The molecule has 0 saturated heterocycles. The molecule has 5 heterocycles. The van der Waals surface area contributed by atoms with Gasteiger partial charge in [-0.05, 0) is 42.0 Å². The van der Waals surface area contributed by atoms with Crippen LogP contribution in [-0.2, 0) is 11.2 Å². The van der Waals surface area contributed by atoms with E-state index in [1.807, 2.05) is 54.6 Å². The number of aromatic amines is 2. The lowest BCUT2D eigenvalue weighted by Crippen LogP contribution is -2.14. The Hall–Kier alpha value is -5.77. The van der Waals surface area contributed by atoms with E-state index in [0.717, 1.165) is 16.8 Å². The van der Waals surface area contributed by atoms with Crippen molar-refractivity contribution >= 4 is 33.7 Å². The Morgan fingerprint density at radius 3 is 2.63 bits per heavy atom. The van der Waals surface area contributed by atoms with E-state index in [4.69, 9.17) is 0 Å². The Morgan fingerprint density at radius 1 is 0.902 bits per heavy atom. The van der Waals surface area contributed by atoms with E-state index in [0.29, 0.717) is 45.0 Å². The molecule has 0 aliphatic rings. The van der Waals surface area contributed by atoms with Crippen LogP contribution in [0.3, 0.4) is 0 Å². The van der Waals surface area contributed by atoms with Crippen molar-refractivity contribution in [1.29, 1.82) is 0 Å².